The minimum absolute atomic E-state index is 0.711. The second-order valence-electron chi connectivity index (χ2n) is 2.46. The Morgan fingerprint density at radius 2 is 1.92 bits per heavy atom. The van der Waals surface area contributed by atoms with Crippen molar-refractivity contribution in [3.05, 3.63) is 40.1 Å². The van der Waals surface area contributed by atoms with Crippen molar-refractivity contribution in [1.29, 1.82) is 0 Å². The average Bonchev–Trinajstić information content (AvgIpc) is 2.53. The highest BCUT2D eigenvalue weighted by Crippen LogP contribution is 2.13. The average molecular weight is 259 g/mol. The van der Waals surface area contributed by atoms with Gasteiger partial charge in [0.05, 0.1) is 11.9 Å². The van der Waals surface area contributed by atoms with E-state index in [0.29, 0.717) is 9.63 Å². The van der Waals surface area contributed by atoms with E-state index in [2.05, 4.69) is 26.2 Å². The van der Waals surface area contributed by atoms with E-state index < -0.39 is 0 Å². The highest BCUT2D eigenvalue weighted by atomic mass is 79.9. The summed E-state index contributed by atoms with van der Waals surface area (Å²) in [6.45, 7) is 0. The summed E-state index contributed by atoms with van der Waals surface area (Å²) >= 11 is 8.97. The molecular weight excluding hydrogens is 253 g/mol. The van der Waals surface area contributed by atoms with Gasteiger partial charge in [0.25, 0.3) is 0 Å². The Labute approximate surface area is 88.5 Å². The molecule has 0 aliphatic carbocycles. The maximum Gasteiger partial charge on any atom is 0.148 e. The molecule has 0 radical (unpaired) electrons. The number of hydrogen-bond acceptors (Lipinski definition) is 2. The van der Waals surface area contributed by atoms with E-state index in [1.807, 2.05) is 24.3 Å². The molecule has 0 saturated heterocycles. The SMILES string of the molecule is Clc1ccc(-n2cc(Br)nn2)cc1. The van der Waals surface area contributed by atoms with Crippen molar-refractivity contribution in [2.45, 2.75) is 0 Å². The Hall–Kier alpha value is -0.870. The molecule has 0 aliphatic heterocycles. The summed E-state index contributed by atoms with van der Waals surface area (Å²) in [5.74, 6) is 0. The van der Waals surface area contributed by atoms with Gasteiger partial charge in [-0.1, -0.05) is 16.8 Å². The van der Waals surface area contributed by atoms with Crippen molar-refractivity contribution in [2.24, 2.45) is 0 Å². The van der Waals surface area contributed by atoms with Gasteiger partial charge < -0.3 is 0 Å². The van der Waals surface area contributed by atoms with Gasteiger partial charge in [-0.3, -0.25) is 0 Å². The van der Waals surface area contributed by atoms with E-state index in [1.54, 1.807) is 10.9 Å². The van der Waals surface area contributed by atoms with E-state index in [4.69, 9.17) is 11.6 Å². The second kappa shape index (κ2) is 3.47. The fourth-order valence-corrected chi connectivity index (χ4v) is 1.35. The normalized spacial score (nSPS) is 10.3. The molecule has 0 saturated carbocycles. The van der Waals surface area contributed by atoms with E-state index in [-0.39, 0.29) is 0 Å². The fraction of sp³-hybridized carbons (Fsp3) is 0. The summed E-state index contributed by atoms with van der Waals surface area (Å²) in [6.07, 6.45) is 1.78. The van der Waals surface area contributed by atoms with Crippen LogP contribution in [0.15, 0.2) is 35.1 Å². The molecule has 1 aromatic heterocycles. The summed E-state index contributed by atoms with van der Waals surface area (Å²) in [5.41, 5.74) is 0.933. The van der Waals surface area contributed by atoms with Crippen LogP contribution in [-0.4, -0.2) is 15.0 Å². The summed E-state index contributed by atoms with van der Waals surface area (Å²) in [5, 5.41) is 8.42. The van der Waals surface area contributed by atoms with E-state index >= 15 is 0 Å². The van der Waals surface area contributed by atoms with Gasteiger partial charge in [-0.15, -0.1) is 5.10 Å². The number of halogens is 2. The zero-order chi connectivity index (χ0) is 9.26. The van der Waals surface area contributed by atoms with Crippen molar-refractivity contribution in [3.63, 3.8) is 0 Å². The van der Waals surface area contributed by atoms with Gasteiger partial charge in [0.1, 0.15) is 4.60 Å². The highest BCUT2D eigenvalue weighted by molar-refractivity contribution is 9.10. The minimum atomic E-state index is 0.711. The Bertz CT molecular complexity index is 410. The molecule has 1 aromatic carbocycles. The molecule has 3 nitrogen and oxygen atoms in total. The maximum atomic E-state index is 5.75. The first-order chi connectivity index (χ1) is 6.25. The van der Waals surface area contributed by atoms with Crippen LogP contribution >= 0.6 is 27.5 Å². The maximum absolute atomic E-state index is 5.75. The summed E-state index contributed by atoms with van der Waals surface area (Å²) in [6, 6.07) is 7.38. The van der Waals surface area contributed by atoms with Crippen molar-refractivity contribution < 1.29 is 0 Å². The second-order valence-corrected chi connectivity index (χ2v) is 3.71. The van der Waals surface area contributed by atoms with E-state index in [1.165, 1.54) is 0 Å². The van der Waals surface area contributed by atoms with E-state index in [0.717, 1.165) is 5.69 Å². The highest BCUT2D eigenvalue weighted by Gasteiger charge is 1.98. The lowest BCUT2D eigenvalue weighted by atomic mass is 10.3. The molecule has 0 fully saturated rings. The van der Waals surface area contributed by atoms with Gasteiger partial charge in [0, 0.05) is 5.02 Å². The van der Waals surface area contributed by atoms with E-state index in [9.17, 15) is 0 Å². The predicted molar refractivity (Wildman–Crippen MR) is 54.1 cm³/mol. The molecule has 2 aromatic rings. The number of benzene rings is 1. The Balaban J connectivity index is 2.41. The van der Waals surface area contributed by atoms with Crippen LogP contribution in [0, 0.1) is 0 Å². The smallest absolute Gasteiger partial charge is 0.148 e. The Kier molecular flexibility index (Phi) is 2.33. The van der Waals surface area contributed by atoms with Crippen molar-refractivity contribution in [2.75, 3.05) is 0 Å². The number of nitrogens with zero attached hydrogens (tertiary/aromatic N) is 3. The first-order valence-corrected chi connectivity index (χ1v) is 4.76. The number of rotatable bonds is 1. The van der Waals surface area contributed by atoms with Crippen LogP contribution in [-0.2, 0) is 0 Å². The molecule has 0 bridgehead atoms. The van der Waals surface area contributed by atoms with Crippen LogP contribution in [0.4, 0.5) is 0 Å². The van der Waals surface area contributed by atoms with Gasteiger partial charge in [0.15, 0.2) is 0 Å². The third-order valence-electron chi connectivity index (χ3n) is 1.56. The topological polar surface area (TPSA) is 30.7 Å². The van der Waals surface area contributed by atoms with Crippen LogP contribution in [0.5, 0.6) is 0 Å². The van der Waals surface area contributed by atoms with Crippen molar-refractivity contribution in [1.82, 2.24) is 15.0 Å². The molecule has 66 valence electrons. The van der Waals surface area contributed by atoms with Crippen LogP contribution < -0.4 is 0 Å². The third kappa shape index (κ3) is 1.89. The molecule has 0 spiro atoms. The molecule has 13 heavy (non-hydrogen) atoms. The minimum Gasteiger partial charge on any atom is -0.220 e. The summed E-state index contributed by atoms with van der Waals surface area (Å²) in [4.78, 5) is 0. The first-order valence-electron chi connectivity index (χ1n) is 3.59. The zero-order valence-corrected chi connectivity index (χ0v) is 8.83. The molecule has 0 unspecified atom stereocenters. The van der Waals surface area contributed by atoms with Gasteiger partial charge in [0.2, 0.25) is 0 Å². The fourth-order valence-electron chi connectivity index (χ4n) is 0.963. The molecule has 5 heteroatoms. The van der Waals surface area contributed by atoms with Crippen LogP contribution in [0.2, 0.25) is 5.02 Å². The number of aromatic nitrogens is 3. The molecule has 0 aliphatic rings. The summed E-state index contributed by atoms with van der Waals surface area (Å²) in [7, 11) is 0. The standard InChI is InChI=1S/C8H5BrClN3/c9-8-5-13(12-11-8)7-3-1-6(10)2-4-7/h1-5H. The Morgan fingerprint density at radius 3 is 2.46 bits per heavy atom. The quantitative estimate of drug-likeness (QED) is 0.787. The molecular formula is C8H5BrClN3. The lowest BCUT2D eigenvalue weighted by molar-refractivity contribution is 0.802. The van der Waals surface area contributed by atoms with Crippen molar-refractivity contribution in [3.8, 4) is 5.69 Å². The van der Waals surface area contributed by atoms with Crippen LogP contribution in [0.3, 0.4) is 0 Å². The summed E-state index contributed by atoms with van der Waals surface area (Å²) < 4.78 is 2.38. The monoisotopic (exact) mass is 257 g/mol. The van der Waals surface area contributed by atoms with Gasteiger partial charge in [-0.2, -0.15) is 0 Å². The number of hydrogen-bond donors (Lipinski definition) is 0. The van der Waals surface area contributed by atoms with Crippen LogP contribution in [0.25, 0.3) is 5.69 Å². The lowest BCUT2D eigenvalue weighted by Crippen LogP contribution is -1.93. The van der Waals surface area contributed by atoms with Gasteiger partial charge in [-0.25, -0.2) is 4.68 Å². The predicted octanol–water partition coefficient (Wildman–Crippen LogP) is 2.68. The molecule has 0 atom stereocenters. The van der Waals surface area contributed by atoms with Crippen LogP contribution in [0.1, 0.15) is 0 Å². The first kappa shape index (κ1) is 8.72. The molecule has 2 rings (SSSR count). The van der Waals surface area contributed by atoms with Gasteiger partial charge >= 0.3 is 0 Å². The van der Waals surface area contributed by atoms with Gasteiger partial charge in [-0.05, 0) is 40.2 Å². The zero-order valence-electron chi connectivity index (χ0n) is 6.48. The van der Waals surface area contributed by atoms with Crippen molar-refractivity contribution >= 4 is 27.5 Å². The lowest BCUT2D eigenvalue weighted by Gasteiger charge is -1.98. The largest absolute Gasteiger partial charge is 0.220 e. The molecule has 1 heterocycles. The third-order valence-corrected chi connectivity index (χ3v) is 2.17. The molecule has 0 amide bonds. The molecule has 0 N–H and O–H groups in total. The Morgan fingerprint density at radius 1 is 1.23 bits per heavy atom.